The topological polar surface area (TPSA) is 82.5 Å². The number of carbonyl (C=O) groups is 2. The molecule has 3 amide bonds. The van der Waals surface area contributed by atoms with Crippen LogP contribution in [0.2, 0.25) is 0 Å². The lowest BCUT2D eigenvalue weighted by Crippen LogP contribution is -2.49. The Bertz CT molecular complexity index is 908. The van der Waals surface area contributed by atoms with Crippen molar-refractivity contribution < 1.29 is 18.4 Å². The van der Waals surface area contributed by atoms with Crippen LogP contribution in [0.25, 0.3) is 0 Å². The Hall–Kier alpha value is -3.01. The molecule has 0 saturated carbocycles. The second-order valence-electron chi connectivity index (χ2n) is 7.10. The fourth-order valence-corrected chi connectivity index (χ4v) is 3.65. The van der Waals surface area contributed by atoms with E-state index in [-0.39, 0.29) is 11.9 Å². The molecule has 1 fully saturated rings. The average molecular weight is 404 g/mol. The van der Waals surface area contributed by atoms with E-state index in [9.17, 15) is 18.4 Å². The number of carbonyl (C=O) groups excluding carboxylic acids is 2. The van der Waals surface area contributed by atoms with Crippen molar-refractivity contribution in [1.29, 1.82) is 0 Å². The molecule has 0 bridgehead atoms. The van der Waals surface area contributed by atoms with Crippen LogP contribution < -0.4 is 10.6 Å². The molecule has 2 aliphatic heterocycles. The molecule has 29 heavy (non-hydrogen) atoms. The lowest BCUT2D eigenvalue weighted by Gasteiger charge is -2.34. The highest BCUT2D eigenvalue weighted by molar-refractivity contribution is 5.99. The van der Waals surface area contributed by atoms with Gasteiger partial charge in [-0.15, -0.1) is 0 Å². The lowest BCUT2D eigenvalue weighted by molar-refractivity contribution is 0.0620. The molecule has 1 aromatic heterocycles. The molecule has 0 radical (unpaired) electrons. The third-order valence-corrected chi connectivity index (χ3v) is 5.27. The maximum Gasteiger partial charge on any atom is 0.321 e. The SMILES string of the molecule is O=C1NCCc2ccc(NC(=O)N3CCN(Cc4nccn4C(F)F)CC3)cc21. The van der Waals surface area contributed by atoms with Gasteiger partial charge in [0.25, 0.3) is 5.91 Å². The van der Waals surface area contributed by atoms with Crippen molar-refractivity contribution in [2.75, 3.05) is 38.0 Å². The molecule has 2 aromatic rings. The van der Waals surface area contributed by atoms with Gasteiger partial charge >= 0.3 is 12.6 Å². The maximum absolute atomic E-state index is 12.9. The standard InChI is InChI=1S/C19H22F2N6O2/c20-18(21)27-6-5-22-16(27)12-25-7-9-26(10-8-25)19(29)24-14-2-1-13-3-4-23-17(28)15(13)11-14/h1-2,5-6,11,18H,3-4,7-10,12H2,(H,23,28)(H,24,29). The minimum Gasteiger partial charge on any atom is -0.352 e. The Labute approximate surface area is 166 Å². The van der Waals surface area contributed by atoms with Gasteiger partial charge in [-0.05, 0) is 24.1 Å². The van der Waals surface area contributed by atoms with Gasteiger partial charge in [0.2, 0.25) is 0 Å². The Morgan fingerprint density at radius 2 is 2.03 bits per heavy atom. The molecular formula is C19H22F2N6O2. The van der Waals surface area contributed by atoms with Gasteiger partial charge in [0.15, 0.2) is 0 Å². The zero-order chi connectivity index (χ0) is 20.4. The van der Waals surface area contributed by atoms with E-state index in [1.165, 1.54) is 12.4 Å². The Morgan fingerprint density at radius 3 is 2.79 bits per heavy atom. The first-order valence-corrected chi connectivity index (χ1v) is 9.50. The van der Waals surface area contributed by atoms with E-state index in [4.69, 9.17) is 0 Å². The molecule has 1 aromatic carbocycles. The summed E-state index contributed by atoms with van der Waals surface area (Å²) in [6.07, 6.45) is 3.41. The first kappa shape index (κ1) is 19.3. The smallest absolute Gasteiger partial charge is 0.321 e. The van der Waals surface area contributed by atoms with Crippen molar-refractivity contribution in [3.05, 3.63) is 47.5 Å². The zero-order valence-corrected chi connectivity index (χ0v) is 15.8. The minimum atomic E-state index is -2.61. The first-order chi connectivity index (χ1) is 14.0. The normalized spacial score (nSPS) is 17.2. The minimum absolute atomic E-state index is 0.127. The average Bonchev–Trinajstić information content (AvgIpc) is 3.17. The monoisotopic (exact) mass is 404 g/mol. The van der Waals surface area contributed by atoms with Crippen molar-refractivity contribution in [3.63, 3.8) is 0 Å². The zero-order valence-electron chi connectivity index (χ0n) is 15.8. The summed E-state index contributed by atoms with van der Waals surface area (Å²) < 4.78 is 26.7. The van der Waals surface area contributed by atoms with E-state index in [1.54, 1.807) is 17.0 Å². The van der Waals surface area contributed by atoms with Crippen molar-refractivity contribution in [2.45, 2.75) is 19.5 Å². The van der Waals surface area contributed by atoms with Gasteiger partial charge in [-0.25, -0.2) is 9.78 Å². The van der Waals surface area contributed by atoms with Crippen LogP contribution in [0.4, 0.5) is 19.3 Å². The van der Waals surface area contributed by atoms with Gasteiger partial charge in [-0.2, -0.15) is 8.78 Å². The number of amides is 3. The summed E-state index contributed by atoms with van der Waals surface area (Å²) in [6, 6.07) is 5.12. The predicted molar refractivity (Wildman–Crippen MR) is 102 cm³/mol. The number of hydrogen-bond donors (Lipinski definition) is 2. The molecule has 10 heteroatoms. The van der Waals surface area contributed by atoms with Gasteiger partial charge in [0, 0.05) is 56.4 Å². The molecule has 2 aliphatic rings. The molecule has 154 valence electrons. The maximum atomic E-state index is 12.9. The molecule has 0 atom stereocenters. The third-order valence-electron chi connectivity index (χ3n) is 5.27. The number of hydrogen-bond acceptors (Lipinski definition) is 4. The highest BCUT2D eigenvalue weighted by atomic mass is 19.3. The van der Waals surface area contributed by atoms with Crippen molar-refractivity contribution in [2.24, 2.45) is 0 Å². The highest BCUT2D eigenvalue weighted by Gasteiger charge is 2.24. The van der Waals surface area contributed by atoms with E-state index in [0.717, 1.165) is 16.6 Å². The number of piperazine rings is 1. The Balaban J connectivity index is 1.32. The highest BCUT2D eigenvalue weighted by Crippen LogP contribution is 2.20. The van der Waals surface area contributed by atoms with Crippen molar-refractivity contribution >= 4 is 17.6 Å². The van der Waals surface area contributed by atoms with Gasteiger partial charge in [0.05, 0.1) is 6.54 Å². The van der Waals surface area contributed by atoms with Crippen LogP contribution >= 0.6 is 0 Å². The number of halogens is 2. The summed E-state index contributed by atoms with van der Waals surface area (Å²) >= 11 is 0. The molecule has 3 heterocycles. The van der Waals surface area contributed by atoms with Gasteiger partial charge in [0.1, 0.15) is 5.82 Å². The summed E-state index contributed by atoms with van der Waals surface area (Å²) in [5.74, 6) is 0.184. The fourth-order valence-electron chi connectivity index (χ4n) is 3.65. The van der Waals surface area contributed by atoms with Crippen LogP contribution in [0, 0.1) is 0 Å². The number of fused-ring (bicyclic) bond motifs is 1. The second-order valence-corrected chi connectivity index (χ2v) is 7.10. The van der Waals surface area contributed by atoms with Crippen LogP contribution in [-0.2, 0) is 13.0 Å². The quantitative estimate of drug-likeness (QED) is 0.816. The summed E-state index contributed by atoms with van der Waals surface area (Å²) in [4.78, 5) is 32.2. The molecule has 1 saturated heterocycles. The van der Waals surface area contributed by atoms with Gasteiger partial charge in [-0.1, -0.05) is 6.07 Å². The number of urea groups is 1. The summed E-state index contributed by atoms with van der Waals surface area (Å²) in [5, 5.41) is 5.63. The number of alkyl halides is 2. The number of anilines is 1. The summed E-state index contributed by atoms with van der Waals surface area (Å²) in [7, 11) is 0. The number of aromatic nitrogens is 2. The summed E-state index contributed by atoms with van der Waals surface area (Å²) in [6.45, 7) is 0.413. The van der Waals surface area contributed by atoms with Crippen LogP contribution in [0.1, 0.15) is 28.3 Å². The number of imidazole rings is 1. The number of rotatable bonds is 4. The number of nitrogens with one attached hydrogen (secondary N) is 2. The van der Waals surface area contributed by atoms with E-state index >= 15 is 0 Å². The van der Waals surface area contributed by atoms with E-state index < -0.39 is 6.55 Å². The van der Waals surface area contributed by atoms with E-state index in [1.807, 2.05) is 11.0 Å². The van der Waals surface area contributed by atoms with Crippen LogP contribution in [0.3, 0.4) is 0 Å². The Morgan fingerprint density at radius 1 is 1.24 bits per heavy atom. The molecular weight excluding hydrogens is 382 g/mol. The Kier molecular flexibility index (Phi) is 5.43. The van der Waals surface area contributed by atoms with Crippen LogP contribution in [0.5, 0.6) is 0 Å². The first-order valence-electron chi connectivity index (χ1n) is 9.50. The largest absolute Gasteiger partial charge is 0.352 e. The molecule has 0 spiro atoms. The number of benzene rings is 1. The third kappa shape index (κ3) is 4.21. The van der Waals surface area contributed by atoms with Crippen LogP contribution in [0.15, 0.2) is 30.6 Å². The molecule has 8 nitrogen and oxygen atoms in total. The van der Waals surface area contributed by atoms with E-state index in [0.29, 0.717) is 56.3 Å². The van der Waals surface area contributed by atoms with Crippen molar-refractivity contribution in [3.8, 4) is 0 Å². The molecule has 4 rings (SSSR count). The number of nitrogens with zero attached hydrogens (tertiary/aromatic N) is 4. The van der Waals surface area contributed by atoms with Gasteiger partial charge in [-0.3, -0.25) is 14.3 Å². The molecule has 0 unspecified atom stereocenters. The lowest BCUT2D eigenvalue weighted by atomic mass is 10.00. The summed E-state index contributed by atoms with van der Waals surface area (Å²) in [5.41, 5.74) is 2.14. The molecule has 2 N–H and O–H groups in total. The fraction of sp³-hybridized carbons (Fsp3) is 0.421. The second kappa shape index (κ2) is 8.16. The van der Waals surface area contributed by atoms with Crippen LogP contribution in [-0.4, -0.2) is 64.0 Å². The molecule has 0 aliphatic carbocycles. The predicted octanol–water partition coefficient (Wildman–Crippen LogP) is 1.91. The van der Waals surface area contributed by atoms with Gasteiger partial charge < -0.3 is 15.5 Å². The van der Waals surface area contributed by atoms with E-state index in [2.05, 4.69) is 15.6 Å². The van der Waals surface area contributed by atoms with Crippen molar-refractivity contribution in [1.82, 2.24) is 24.7 Å².